The van der Waals surface area contributed by atoms with Crippen LogP contribution in [0.1, 0.15) is 18.4 Å². The molecule has 1 aliphatic rings. The van der Waals surface area contributed by atoms with Gasteiger partial charge in [-0.3, -0.25) is 19.2 Å². The molecule has 1 saturated heterocycles. The van der Waals surface area contributed by atoms with Crippen molar-refractivity contribution in [2.75, 3.05) is 13.1 Å². The van der Waals surface area contributed by atoms with Crippen molar-refractivity contribution in [1.82, 2.24) is 19.4 Å². The van der Waals surface area contributed by atoms with Crippen LogP contribution < -0.4 is 5.56 Å². The third-order valence-corrected chi connectivity index (χ3v) is 5.27. The van der Waals surface area contributed by atoms with Crippen LogP contribution >= 0.6 is 0 Å². The summed E-state index contributed by atoms with van der Waals surface area (Å²) in [5.74, 6) is 0.531. The van der Waals surface area contributed by atoms with Gasteiger partial charge in [0.05, 0.1) is 12.0 Å². The van der Waals surface area contributed by atoms with Crippen LogP contribution in [0, 0.1) is 5.92 Å². The summed E-state index contributed by atoms with van der Waals surface area (Å²) in [7, 11) is 0. The minimum atomic E-state index is 0.0172. The number of pyridine rings is 1. The van der Waals surface area contributed by atoms with Crippen molar-refractivity contribution in [2.24, 2.45) is 5.92 Å². The molecular formula is C22H24N4O. The lowest BCUT2D eigenvalue weighted by atomic mass is 9.96. The average molecular weight is 360 g/mol. The standard InChI is InChI=1S/C22H24N4O/c27-22-14-21(20-6-10-23-11-7-20)24-17-26(22)16-19-8-12-25(13-9-19)15-18-4-2-1-3-5-18/h1-7,10-11,14,17,19H,8-9,12-13,15-16H2. The molecule has 0 unspecified atom stereocenters. The van der Waals surface area contributed by atoms with E-state index in [1.165, 1.54) is 5.56 Å². The fourth-order valence-corrected chi connectivity index (χ4v) is 3.69. The molecule has 0 saturated carbocycles. The summed E-state index contributed by atoms with van der Waals surface area (Å²) >= 11 is 0. The van der Waals surface area contributed by atoms with Gasteiger partial charge in [0.2, 0.25) is 0 Å². The minimum absolute atomic E-state index is 0.0172. The quantitative estimate of drug-likeness (QED) is 0.701. The van der Waals surface area contributed by atoms with Gasteiger partial charge in [0.1, 0.15) is 0 Å². The van der Waals surface area contributed by atoms with Gasteiger partial charge < -0.3 is 0 Å². The highest BCUT2D eigenvalue weighted by atomic mass is 16.1. The first-order chi connectivity index (χ1) is 13.3. The highest BCUT2D eigenvalue weighted by Gasteiger charge is 2.20. The zero-order chi connectivity index (χ0) is 18.5. The summed E-state index contributed by atoms with van der Waals surface area (Å²) in [5, 5.41) is 0. The van der Waals surface area contributed by atoms with Crippen LogP contribution in [-0.2, 0) is 13.1 Å². The van der Waals surface area contributed by atoms with Crippen LogP contribution in [0.15, 0.2) is 72.0 Å². The van der Waals surface area contributed by atoms with Gasteiger partial charge in [-0.15, -0.1) is 0 Å². The maximum absolute atomic E-state index is 12.5. The molecule has 3 aromatic rings. The van der Waals surface area contributed by atoms with E-state index in [4.69, 9.17) is 0 Å². The van der Waals surface area contributed by atoms with E-state index < -0.39 is 0 Å². The molecule has 138 valence electrons. The van der Waals surface area contributed by atoms with Gasteiger partial charge in [-0.25, -0.2) is 4.98 Å². The van der Waals surface area contributed by atoms with Gasteiger partial charge in [0.15, 0.2) is 0 Å². The van der Waals surface area contributed by atoms with E-state index in [1.54, 1.807) is 29.4 Å². The Morgan fingerprint density at radius 3 is 2.44 bits per heavy atom. The number of rotatable bonds is 5. The van der Waals surface area contributed by atoms with E-state index in [1.807, 2.05) is 12.1 Å². The number of likely N-dealkylation sites (tertiary alicyclic amines) is 1. The first-order valence-corrected chi connectivity index (χ1v) is 9.51. The van der Waals surface area contributed by atoms with E-state index in [2.05, 4.69) is 45.2 Å². The number of nitrogens with zero attached hydrogens (tertiary/aromatic N) is 4. The zero-order valence-electron chi connectivity index (χ0n) is 15.4. The lowest BCUT2D eigenvalue weighted by Crippen LogP contribution is -2.36. The fourth-order valence-electron chi connectivity index (χ4n) is 3.69. The smallest absolute Gasteiger partial charge is 0.253 e. The highest BCUT2D eigenvalue weighted by molar-refractivity contribution is 5.57. The van der Waals surface area contributed by atoms with E-state index in [-0.39, 0.29) is 5.56 Å². The number of piperidine rings is 1. The first-order valence-electron chi connectivity index (χ1n) is 9.51. The largest absolute Gasteiger partial charge is 0.299 e. The Kier molecular flexibility index (Phi) is 5.39. The van der Waals surface area contributed by atoms with Gasteiger partial charge >= 0.3 is 0 Å². The van der Waals surface area contributed by atoms with E-state index in [9.17, 15) is 4.79 Å². The Bertz CT molecular complexity index is 916. The molecule has 2 aromatic heterocycles. The summed E-state index contributed by atoms with van der Waals surface area (Å²) in [5.41, 5.74) is 3.01. The zero-order valence-corrected chi connectivity index (χ0v) is 15.4. The van der Waals surface area contributed by atoms with Crippen molar-refractivity contribution >= 4 is 0 Å². The van der Waals surface area contributed by atoms with Crippen LogP contribution in [0.2, 0.25) is 0 Å². The molecule has 3 heterocycles. The van der Waals surface area contributed by atoms with Crippen LogP contribution in [-0.4, -0.2) is 32.5 Å². The van der Waals surface area contributed by atoms with Crippen molar-refractivity contribution in [2.45, 2.75) is 25.9 Å². The molecule has 0 aliphatic carbocycles. The van der Waals surface area contributed by atoms with Gasteiger partial charge in [-0.1, -0.05) is 30.3 Å². The van der Waals surface area contributed by atoms with E-state index >= 15 is 0 Å². The molecule has 0 amide bonds. The van der Waals surface area contributed by atoms with Crippen LogP contribution in [0.4, 0.5) is 0 Å². The first kappa shape index (κ1) is 17.6. The lowest BCUT2D eigenvalue weighted by molar-refractivity contribution is 0.166. The van der Waals surface area contributed by atoms with Gasteiger partial charge in [0, 0.05) is 37.1 Å². The predicted molar refractivity (Wildman–Crippen MR) is 106 cm³/mol. The Hall–Kier alpha value is -2.79. The number of hydrogen-bond acceptors (Lipinski definition) is 4. The summed E-state index contributed by atoms with van der Waals surface area (Å²) < 4.78 is 1.75. The van der Waals surface area contributed by atoms with Crippen molar-refractivity contribution in [3.63, 3.8) is 0 Å². The molecule has 4 rings (SSSR count). The Morgan fingerprint density at radius 2 is 1.74 bits per heavy atom. The lowest BCUT2D eigenvalue weighted by Gasteiger charge is -2.32. The molecule has 1 fully saturated rings. The molecule has 5 heteroatoms. The second-order valence-corrected chi connectivity index (χ2v) is 7.21. The van der Waals surface area contributed by atoms with Crippen molar-refractivity contribution < 1.29 is 0 Å². The number of aromatic nitrogens is 3. The van der Waals surface area contributed by atoms with Crippen molar-refractivity contribution in [3.05, 3.63) is 83.2 Å². The molecule has 0 spiro atoms. The van der Waals surface area contributed by atoms with E-state index in [0.717, 1.165) is 44.6 Å². The van der Waals surface area contributed by atoms with Crippen molar-refractivity contribution in [3.8, 4) is 11.3 Å². The maximum atomic E-state index is 12.5. The topological polar surface area (TPSA) is 51.0 Å². The molecule has 27 heavy (non-hydrogen) atoms. The third-order valence-electron chi connectivity index (χ3n) is 5.27. The molecule has 0 bridgehead atoms. The fraction of sp³-hybridized carbons (Fsp3) is 0.318. The molecule has 1 aliphatic heterocycles. The summed E-state index contributed by atoms with van der Waals surface area (Å²) in [4.78, 5) is 23.5. The maximum Gasteiger partial charge on any atom is 0.253 e. The highest BCUT2D eigenvalue weighted by Crippen LogP contribution is 2.20. The summed E-state index contributed by atoms with van der Waals surface area (Å²) in [6.45, 7) is 3.92. The van der Waals surface area contributed by atoms with Crippen molar-refractivity contribution in [1.29, 1.82) is 0 Å². The van der Waals surface area contributed by atoms with Crippen LogP contribution in [0.25, 0.3) is 11.3 Å². The normalized spacial score (nSPS) is 15.7. The SMILES string of the molecule is O=c1cc(-c2ccncc2)ncn1CC1CCN(Cc2ccccc2)CC1. The van der Waals surface area contributed by atoms with E-state index in [0.29, 0.717) is 11.6 Å². The second kappa shape index (κ2) is 8.27. The molecule has 1 aromatic carbocycles. The Labute approximate surface area is 159 Å². The predicted octanol–water partition coefficient (Wildman–Crippen LogP) is 3.22. The molecule has 0 radical (unpaired) electrons. The Morgan fingerprint density at radius 1 is 1.00 bits per heavy atom. The van der Waals surface area contributed by atoms with Crippen LogP contribution in [0.5, 0.6) is 0 Å². The summed E-state index contributed by atoms with van der Waals surface area (Å²) in [6.07, 6.45) is 7.35. The molecular weight excluding hydrogens is 336 g/mol. The van der Waals surface area contributed by atoms with Gasteiger partial charge in [0.25, 0.3) is 5.56 Å². The van der Waals surface area contributed by atoms with Gasteiger partial charge in [-0.2, -0.15) is 0 Å². The second-order valence-electron chi connectivity index (χ2n) is 7.21. The number of benzene rings is 1. The van der Waals surface area contributed by atoms with Gasteiger partial charge in [-0.05, 0) is 49.5 Å². The monoisotopic (exact) mass is 360 g/mol. The molecule has 5 nitrogen and oxygen atoms in total. The third kappa shape index (κ3) is 4.49. The Balaban J connectivity index is 1.34. The number of hydrogen-bond donors (Lipinski definition) is 0. The minimum Gasteiger partial charge on any atom is -0.299 e. The average Bonchev–Trinajstić information content (AvgIpc) is 2.72. The molecule has 0 atom stereocenters. The molecule has 0 N–H and O–H groups in total. The summed E-state index contributed by atoms with van der Waals surface area (Å²) in [6, 6.07) is 16.0. The van der Waals surface area contributed by atoms with Crippen LogP contribution in [0.3, 0.4) is 0 Å².